The SMILES string of the molecule is COc1cc(-c2nccc(-c3cccc(-c4ccc5c(OC)c(CNCC6CCC(=O)N6)cc(Cl)c5n4)c3Cl)c2Cl)cc(F)c1CNCC1CCC(=O)N1. The van der Waals surface area contributed by atoms with Crippen molar-refractivity contribution in [3.05, 3.63) is 92.8 Å². The van der Waals surface area contributed by atoms with Gasteiger partial charge in [-0.15, -0.1) is 0 Å². The van der Waals surface area contributed by atoms with Gasteiger partial charge in [-0.05, 0) is 49.2 Å². The van der Waals surface area contributed by atoms with Crippen molar-refractivity contribution in [3.63, 3.8) is 0 Å². The Kier molecular flexibility index (Phi) is 11.5. The van der Waals surface area contributed by atoms with Gasteiger partial charge in [0.1, 0.15) is 17.3 Å². The van der Waals surface area contributed by atoms with Gasteiger partial charge in [0, 0.05) is 96.1 Å². The Morgan fingerprint density at radius 2 is 1.52 bits per heavy atom. The Labute approximate surface area is 327 Å². The number of benzene rings is 3. The molecule has 2 amide bonds. The van der Waals surface area contributed by atoms with E-state index < -0.39 is 5.82 Å². The average molecular weight is 792 g/mol. The van der Waals surface area contributed by atoms with E-state index in [9.17, 15) is 9.59 Å². The van der Waals surface area contributed by atoms with E-state index in [1.807, 2.05) is 36.4 Å². The van der Waals surface area contributed by atoms with Crippen LogP contribution >= 0.6 is 34.8 Å². The molecule has 54 heavy (non-hydrogen) atoms. The molecule has 14 heteroatoms. The van der Waals surface area contributed by atoms with Gasteiger partial charge in [0.25, 0.3) is 0 Å². The molecule has 2 aliphatic heterocycles. The fourth-order valence-electron chi connectivity index (χ4n) is 7.11. The third kappa shape index (κ3) is 7.83. The molecular weight excluding hydrogens is 754 g/mol. The maximum atomic E-state index is 15.6. The summed E-state index contributed by atoms with van der Waals surface area (Å²) in [7, 11) is 3.10. The van der Waals surface area contributed by atoms with Gasteiger partial charge >= 0.3 is 0 Å². The summed E-state index contributed by atoms with van der Waals surface area (Å²) in [5.41, 5.74) is 5.09. The number of hydrogen-bond donors (Lipinski definition) is 4. The maximum Gasteiger partial charge on any atom is 0.220 e. The van der Waals surface area contributed by atoms with Crippen LogP contribution in [0.3, 0.4) is 0 Å². The van der Waals surface area contributed by atoms with Crippen molar-refractivity contribution in [2.24, 2.45) is 0 Å². The van der Waals surface area contributed by atoms with Crippen molar-refractivity contribution in [2.45, 2.75) is 50.9 Å². The zero-order valence-electron chi connectivity index (χ0n) is 29.6. The second-order valence-electron chi connectivity index (χ2n) is 13.3. The summed E-state index contributed by atoms with van der Waals surface area (Å²) in [5.74, 6) is 0.626. The number of ether oxygens (including phenoxy) is 2. The average Bonchev–Trinajstić information content (AvgIpc) is 3.79. The summed E-state index contributed by atoms with van der Waals surface area (Å²) in [4.78, 5) is 32.5. The Hall–Kier alpha value is -4.52. The predicted molar refractivity (Wildman–Crippen MR) is 210 cm³/mol. The lowest BCUT2D eigenvalue weighted by Gasteiger charge is -2.17. The Bertz CT molecular complexity index is 2260. The summed E-state index contributed by atoms with van der Waals surface area (Å²) < 4.78 is 27.0. The van der Waals surface area contributed by atoms with Gasteiger partial charge in [-0.2, -0.15) is 0 Å². The Balaban J connectivity index is 1.15. The van der Waals surface area contributed by atoms with Gasteiger partial charge in [-0.25, -0.2) is 9.37 Å². The lowest BCUT2D eigenvalue weighted by molar-refractivity contribution is -0.120. The minimum atomic E-state index is -0.476. The van der Waals surface area contributed by atoms with Crippen LogP contribution in [0.2, 0.25) is 15.1 Å². The Morgan fingerprint density at radius 3 is 2.19 bits per heavy atom. The number of fused-ring (bicyclic) bond motifs is 1. The first-order valence-corrected chi connectivity index (χ1v) is 18.7. The summed E-state index contributed by atoms with van der Waals surface area (Å²) in [5, 5.41) is 14.4. The van der Waals surface area contributed by atoms with Gasteiger partial charge in [-0.3, -0.25) is 14.6 Å². The molecule has 0 aliphatic carbocycles. The van der Waals surface area contributed by atoms with Crippen molar-refractivity contribution >= 4 is 57.5 Å². The highest BCUT2D eigenvalue weighted by Gasteiger charge is 2.24. The van der Waals surface area contributed by atoms with Crippen molar-refractivity contribution in [1.29, 1.82) is 0 Å². The van der Waals surface area contributed by atoms with Crippen molar-refractivity contribution < 1.29 is 23.5 Å². The summed E-state index contributed by atoms with van der Waals surface area (Å²) >= 11 is 21.0. The molecule has 4 N–H and O–H groups in total. The summed E-state index contributed by atoms with van der Waals surface area (Å²) in [6.07, 6.45) is 4.19. The van der Waals surface area contributed by atoms with Crippen LogP contribution in [0.1, 0.15) is 36.8 Å². The molecule has 2 unspecified atom stereocenters. The van der Waals surface area contributed by atoms with E-state index in [0.717, 1.165) is 23.8 Å². The zero-order valence-corrected chi connectivity index (χ0v) is 31.9. The van der Waals surface area contributed by atoms with Crippen LogP contribution in [0.15, 0.2) is 60.8 Å². The first-order valence-electron chi connectivity index (χ1n) is 17.6. The number of aromatic nitrogens is 2. The van der Waals surface area contributed by atoms with E-state index in [1.165, 1.54) is 13.2 Å². The molecule has 2 atom stereocenters. The molecule has 0 saturated carbocycles. The lowest BCUT2D eigenvalue weighted by atomic mass is 9.98. The topological polar surface area (TPSA) is 126 Å². The molecule has 0 spiro atoms. The quantitative estimate of drug-likeness (QED) is 0.0968. The van der Waals surface area contributed by atoms with Crippen molar-refractivity contribution in [3.8, 4) is 45.1 Å². The number of halogens is 4. The van der Waals surface area contributed by atoms with E-state index in [2.05, 4.69) is 26.3 Å². The molecule has 0 radical (unpaired) electrons. The minimum absolute atomic E-state index is 0.0151. The highest BCUT2D eigenvalue weighted by atomic mass is 35.5. The van der Waals surface area contributed by atoms with E-state index in [1.54, 1.807) is 25.4 Å². The smallest absolute Gasteiger partial charge is 0.220 e. The maximum absolute atomic E-state index is 15.6. The van der Waals surface area contributed by atoms with Crippen LogP contribution in [0.5, 0.6) is 11.5 Å². The number of methoxy groups -OCH3 is 2. The molecule has 280 valence electrons. The fraction of sp³-hybridized carbons (Fsp3) is 0.300. The number of carbonyl (C=O) groups is 2. The van der Waals surface area contributed by atoms with Crippen LogP contribution < -0.4 is 30.7 Å². The van der Waals surface area contributed by atoms with Crippen LogP contribution in [0, 0.1) is 5.82 Å². The molecule has 4 heterocycles. The molecule has 3 aromatic carbocycles. The van der Waals surface area contributed by atoms with E-state index in [-0.39, 0.29) is 35.5 Å². The lowest BCUT2D eigenvalue weighted by Crippen LogP contribution is -2.35. The third-order valence-corrected chi connectivity index (χ3v) is 10.9. The first-order chi connectivity index (χ1) is 26.1. The fourth-order valence-corrected chi connectivity index (χ4v) is 8.04. The van der Waals surface area contributed by atoms with E-state index >= 15 is 4.39 Å². The van der Waals surface area contributed by atoms with E-state index in [4.69, 9.17) is 49.3 Å². The Morgan fingerprint density at radius 1 is 0.833 bits per heavy atom. The zero-order chi connectivity index (χ0) is 37.9. The molecule has 7 rings (SSSR count). The normalized spacial score (nSPS) is 16.9. The van der Waals surface area contributed by atoms with Gasteiger partial charge < -0.3 is 30.7 Å². The standard InChI is InChI=1S/C40H38Cl3FN6O4/c1-53-33-16-21(15-31(44)29(33)20-46-19-24-7-11-35(52)49-24)38-37(43)26(12-13-47-38)25-4-3-5-27(36(25)42)32-9-8-28-39(50-32)30(41)14-22(40(28)54-2)17-45-18-23-6-10-34(51)48-23/h3-5,8-9,12-16,23-24,45-46H,6-7,10-11,17-20H2,1-2H3,(H,48,51)(H,49,52). The van der Waals surface area contributed by atoms with Gasteiger partial charge in [0.05, 0.1) is 46.2 Å². The van der Waals surface area contributed by atoms with Crippen molar-refractivity contribution in [2.75, 3.05) is 27.3 Å². The van der Waals surface area contributed by atoms with Crippen LogP contribution in [-0.4, -0.2) is 61.2 Å². The van der Waals surface area contributed by atoms with Crippen molar-refractivity contribution in [1.82, 2.24) is 31.2 Å². The summed E-state index contributed by atoms with van der Waals surface area (Å²) in [6.45, 7) is 1.87. The molecule has 0 bridgehead atoms. The summed E-state index contributed by atoms with van der Waals surface area (Å²) in [6, 6.07) is 16.2. The number of carbonyl (C=O) groups excluding carboxylic acids is 2. The molecule has 2 saturated heterocycles. The molecule has 10 nitrogen and oxygen atoms in total. The number of rotatable bonds is 13. The van der Waals surface area contributed by atoms with Gasteiger partial charge in [0.2, 0.25) is 11.8 Å². The molecule has 2 aliphatic rings. The highest BCUT2D eigenvalue weighted by molar-refractivity contribution is 6.39. The highest BCUT2D eigenvalue weighted by Crippen LogP contribution is 2.43. The van der Waals surface area contributed by atoms with Crippen LogP contribution in [-0.2, 0) is 22.7 Å². The second-order valence-corrected chi connectivity index (χ2v) is 14.5. The van der Waals surface area contributed by atoms with Crippen LogP contribution in [0.4, 0.5) is 4.39 Å². The molecule has 2 fully saturated rings. The second kappa shape index (κ2) is 16.5. The first kappa shape index (κ1) is 37.8. The van der Waals surface area contributed by atoms with Gasteiger partial charge in [0.15, 0.2) is 0 Å². The molecule has 2 aromatic heterocycles. The predicted octanol–water partition coefficient (Wildman–Crippen LogP) is 7.48. The monoisotopic (exact) mass is 790 g/mol. The molecular formula is C40H38Cl3FN6O4. The third-order valence-electron chi connectivity index (χ3n) is 9.83. The number of hydrogen-bond acceptors (Lipinski definition) is 8. The number of nitrogens with zero attached hydrogens (tertiary/aromatic N) is 2. The van der Waals surface area contributed by atoms with Gasteiger partial charge in [-0.1, -0.05) is 53.0 Å². The number of nitrogens with one attached hydrogen (secondary N) is 4. The number of pyridine rings is 2. The number of amides is 2. The van der Waals surface area contributed by atoms with E-state index in [0.29, 0.717) is 98.7 Å². The molecule has 5 aromatic rings. The van der Waals surface area contributed by atoms with Crippen LogP contribution in [0.25, 0.3) is 44.5 Å². The largest absolute Gasteiger partial charge is 0.496 e. The minimum Gasteiger partial charge on any atom is -0.496 e.